The first-order chi connectivity index (χ1) is 12.5. The molecule has 136 valence electrons. The van der Waals surface area contributed by atoms with Crippen LogP contribution in [0.2, 0.25) is 0 Å². The number of pyridine rings is 1. The highest BCUT2D eigenvalue weighted by Crippen LogP contribution is 2.29. The number of anilines is 1. The lowest BCUT2D eigenvalue weighted by molar-refractivity contribution is -0.137. The molecule has 1 aliphatic rings. The van der Waals surface area contributed by atoms with Crippen LogP contribution in [-0.4, -0.2) is 41.0 Å². The van der Waals surface area contributed by atoms with Crippen molar-refractivity contribution in [3.05, 3.63) is 59.9 Å². The Bertz CT molecular complexity index is 878. The maximum absolute atomic E-state index is 12.6. The number of fused-ring (bicyclic) bond motifs is 1. The molecule has 0 saturated carbocycles. The van der Waals surface area contributed by atoms with E-state index in [-0.39, 0.29) is 0 Å². The van der Waals surface area contributed by atoms with Crippen LogP contribution in [0.3, 0.4) is 0 Å². The SMILES string of the molecule is FC(F)(F)c1ccc(N2CCN(Cc3c[nH]c4ccccc34)CC2)nc1. The summed E-state index contributed by atoms with van der Waals surface area (Å²) < 4.78 is 37.9. The molecule has 26 heavy (non-hydrogen) atoms. The van der Waals surface area contributed by atoms with E-state index in [0.29, 0.717) is 5.82 Å². The second kappa shape index (κ2) is 6.64. The smallest absolute Gasteiger partial charge is 0.361 e. The monoisotopic (exact) mass is 360 g/mol. The van der Waals surface area contributed by atoms with Crippen LogP contribution in [-0.2, 0) is 12.7 Å². The van der Waals surface area contributed by atoms with Crippen LogP contribution in [0.15, 0.2) is 48.8 Å². The number of aromatic nitrogens is 2. The molecule has 0 atom stereocenters. The zero-order chi connectivity index (χ0) is 18.1. The molecule has 3 aromatic rings. The molecule has 4 rings (SSSR count). The van der Waals surface area contributed by atoms with Gasteiger partial charge in [-0.05, 0) is 23.8 Å². The normalized spacial score (nSPS) is 16.3. The standard InChI is InChI=1S/C19H19F3N4/c20-19(21,22)15-5-6-18(24-12-15)26-9-7-25(8-10-26)13-14-11-23-17-4-2-1-3-16(14)17/h1-6,11-12,23H,7-10,13H2. The average molecular weight is 360 g/mol. The zero-order valence-electron chi connectivity index (χ0n) is 14.1. The molecule has 3 heterocycles. The highest BCUT2D eigenvalue weighted by molar-refractivity contribution is 5.82. The molecule has 0 amide bonds. The molecule has 0 spiro atoms. The summed E-state index contributed by atoms with van der Waals surface area (Å²) >= 11 is 0. The Morgan fingerprint density at radius 3 is 2.46 bits per heavy atom. The van der Waals surface area contributed by atoms with Gasteiger partial charge in [0, 0.05) is 56.0 Å². The lowest BCUT2D eigenvalue weighted by atomic mass is 10.1. The Morgan fingerprint density at radius 1 is 1.00 bits per heavy atom. The predicted molar refractivity (Wildman–Crippen MR) is 95.0 cm³/mol. The number of para-hydroxylation sites is 1. The third-order valence-corrected chi connectivity index (χ3v) is 4.84. The highest BCUT2D eigenvalue weighted by Gasteiger charge is 2.31. The molecule has 1 aliphatic heterocycles. The van der Waals surface area contributed by atoms with E-state index in [1.54, 1.807) is 0 Å². The van der Waals surface area contributed by atoms with Gasteiger partial charge in [0.2, 0.25) is 0 Å². The number of alkyl halides is 3. The maximum Gasteiger partial charge on any atom is 0.417 e. The molecule has 1 aromatic carbocycles. The molecule has 0 unspecified atom stereocenters. The quantitative estimate of drug-likeness (QED) is 0.769. The van der Waals surface area contributed by atoms with Crippen molar-refractivity contribution >= 4 is 16.7 Å². The van der Waals surface area contributed by atoms with E-state index < -0.39 is 11.7 Å². The number of rotatable bonds is 3. The van der Waals surface area contributed by atoms with Gasteiger partial charge in [0.15, 0.2) is 0 Å². The van der Waals surface area contributed by atoms with Gasteiger partial charge in [-0.15, -0.1) is 0 Å². The van der Waals surface area contributed by atoms with Crippen molar-refractivity contribution in [2.75, 3.05) is 31.1 Å². The molecule has 4 nitrogen and oxygen atoms in total. The maximum atomic E-state index is 12.6. The summed E-state index contributed by atoms with van der Waals surface area (Å²) in [6.07, 6.45) is -1.38. The number of hydrogen-bond donors (Lipinski definition) is 1. The van der Waals surface area contributed by atoms with Crippen molar-refractivity contribution in [3.8, 4) is 0 Å². The molecule has 0 aliphatic carbocycles. The largest absolute Gasteiger partial charge is 0.417 e. The molecule has 0 bridgehead atoms. The lowest BCUT2D eigenvalue weighted by Gasteiger charge is -2.35. The van der Waals surface area contributed by atoms with Gasteiger partial charge in [-0.1, -0.05) is 18.2 Å². The Balaban J connectivity index is 1.38. The molecule has 1 N–H and O–H groups in total. The number of nitrogens with one attached hydrogen (secondary N) is 1. The van der Waals surface area contributed by atoms with E-state index in [2.05, 4.69) is 33.2 Å². The Kier molecular flexibility index (Phi) is 4.32. The molecule has 0 radical (unpaired) electrons. The number of H-pyrrole nitrogens is 1. The molecular formula is C19H19F3N4. The van der Waals surface area contributed by atoms with Gasteiger partial charge in [-0.3, -0.25) is 4.90 Å². The average Bonchev–Trinajstić information content (AvgIpc) is 3.05. The van der Waals surface area contributed by atoms with Crippen LogP contribution in [0.4, 0.5) is 19.0 Å². The summed E-state index contributed by atoms with van der Waals surface area (Å²) in [6.45, 7) is 4.06. The summed E-state index contributed by atoms with van der Waals surface area (Å²) in [5, 5.41) is 1.24. The number of piperazine rings is 1. The molecule has 7 heteroatoms. The summed E-state index contributed by atoms with van der Waals surface area (Å²) in [7, 11) is 0. The fourth-order valence-electron chi connectivity index (χ4n) is 3.38. The Morgan fingerprint density at radius 2 is 1.77 bits per heavy atom. The minimum absolute atomic E-state index is 0.602. The first-order valence-corrected chi connectivity index (χ1v) is 8.56. The topological polar surface area (TPSA) is 35.2 Å². The van der Waals surface area contributed by atoms with E-state index in [1.165, 1.54) is 17.0 Å². The van der Waals surface area contributed by atoms with Crippen molar-refractivity contribution in [2.24, 2.45) is 0 Å². The molecule has 1 fully saturated rings. The second-order valence-electron chi connectivity index (χ2n) is 6.53. The van der Waals surface area contributed by atoms with Crippen LogP contribution in [0.5, 0.6) is 0 Å². The van der Waals surface area contributed by atoms with E-state index in [0.717, 1.165) is 50.5 Å². The molecule has 2 aromatic heterocycles. The lowest BCUT2D eigenvalue weighted by Crippen LogP contribution is -2.46. The van der Waals surface area contributed by atoms with Crippen LogP contribution in [0.25, 0.3) is 10.9 Å². The van der Waals surface area contributed by atoms with E-state index in [1.807, 2.05) is 17.0 Å². The third-order valence-electron chi connectivity index (χ3n) is 4.84. The summed E-state index contributed by atoms with van der Waals surface area (Å²) in [4.78, 5) is 11.7. The van der Waals surface area contributed by atoms with Crippen molar-refractivity contribution in [1.29, 1.82) is 0 Å². The number of nitrogens with zero attached hydrogens (tertiary/aromatic N) is 3. The van der Waals surface area contributed by atoms with Crippen LogP contribution >= 0.6 is 0 Å². The summed E-state index contributed by atoms with van der Waals surface area (Å²) in [5.41, 5.74) is 1.69. The van der Waals surface area contributed by atoms with Gasteiger partial charge >= 0.3 is 6.18 Å². The fourth-order valence-corrected chi connectivity index (χ4v) is 3.38. The number of hydrogen-bond acceptors (Lipinski definition) is 3. The predicted octanol–water partition coefficient (Wildman–Crippen LogP) is 3.90. The Labute approximate surface area is 149 Å². The summed E-state index contributed by atoms with van der Waals surface area (Å²) in [5.74, 6) is 0.602. The van der Waals surface area contributed by atoms with Gasteiger partial charge in [-0.2, -0.15) is 13.2 Å². The molecule has 1 saturated heterocycles. The van der Waals surface area contributed by atoms with Gasteiger partial charge < -0.3 is 9.88 Å². The number of halogens is 3. The summed E-state index contributed by atoms with van der Waals surface area (Å²) in [6, 6.07) is 10.8. The van der Waals surface area contributed by atoms with Crippen molar-refractivity contribution in [1.82, 2.24) is 14.9 Å². The minimum atomic E-state index is -4.34. The highest BCUT2D eigenvalue weighted by atomic mass is 19.4. The first-order valence-electron chi connectivity index (χ1n) is 8.56. The van der Waals surface area contributed by atoms with Gasteiger partial charge in [-0.25, -0.2) is 4.98 Å². The van der Waals surface area contributed by atoms with E-state index in [9.17, 15) is 13.2 Å². The zero-order valence-corrected chi connectivity index (χ0v) is 14.1. The Hall–Kier alpha value is -2.54. The van der Waals surface area contributed by atoms with Crippen LogP contribution in [0.1, 0.15) is 11.1 Å². The van der Waals surface area contributed by atoms with E-state index in [4.69, 9.17) is 0 Å². The van der Waals surface area contributed by atoms with Gasteiger partial charge in [0.25, 0.3) is 0 Å². The van der Waals surface area contributed by atoms with Gasteiger partial charge in [0.05, 0.1) is 5.56 Å². The first kappa shape index (κ1) is 16.9. The van der Waals surface area contributed by atoms with Gasteiger partial charge in [0.1, 0.15) is 5.82 Å². The number of benzene rings is 1. The molecular weight excluding hydrogens is 341 g/mol. The second-order valence-corrected chi connectivity index (χ2v) is 6.53. The fraction of sp³-hybridized carbons (Fsp3) is 0.316. The minimum Gasteiger partial charge on any atom is -0.361 e. The van der Waals surface area contributed by atoms with Crippen molar-refractivity contribution in [2.45, 2.75) is 12.7 Å². The van der Waals surface area contributed by atoms with E-state index >= 15 is 0 Å². The van der Waals surface area contributed by atoms with Crippen LogP contribution in [0, 0.1) is 0 Å². The number of aromatic amines is 1. The van der Waals surface area contributed by atoms with Crippen molar-refractivity contribution < 1.29 is 13.2 Å². The third kappa shape index (κ3) is 3.39. The van der Waals surface area contributed by atoms with Crippen LogP contribution < -0.4 is 4.90 Å². The van der Waals surface area contributed by atoms with Crippen molar-refractivity contribution in [3.63, 3.8) is 0 Å².